The van der Waals surface area contributed by atoms with Crippen LogP contribution in [0.1, 0.15) is 25.7 Å². The first-order valence-corrected chi connectivity index (χ1v) is 4.79. The van der Waals surface area contributed by atoms with E-state index < -0.39 is 0 Å². The molecule has 4 nitrogen and oxygen atoms in total. The first-order valence-electron chi connectivity index (χ1n) is 4.79. The fourth-order valence-corrected chi connectivity index (χ4v) is 1.59. The molecule has 1 aliphatic rings. The van der Waals surface area contributed by atoms with Crippen molar-refractivity contribution in [2.45, 2.75) is 25.7 Å². The van der Waals surface area contributed by atoms with Crippen molar-refractivity contribution in [3.8, 4) is 0 Å². The van der Waals surface area contributed by atoms with Gasteiger partial charge in [-0.3, -0.25) is 4.89 Å². The lowest BCUT2D eigenvalue weighted by Gasteiger charge is -2.12. The summed E-state index contributed by atoms with van der Waals surface area (Å²) in [5.41, 5.74) is 0. The van der Waals surface area contributed by atoms with Gasteiger partial charge in [-0.1, -0.05) is 0 Å². The Hall–Kier alpha value is -0.610. The van der Waals surface area contributed by atoms with Crippen molar-refractivity contribution in [2.24, 2.45) is 0 Å². The second-order valence-corrected chi connectivity index (χ2v) is 3.27. The summed E-state index contributed by atoms with van der Waals surface area (Å²) in [4.78, 5) is 21.8. The zero-order valence-corrected chi connectivity index (χ0v) is 8.12. The van der Waals surface area contributed by atoms with Crippen LogP contribution < -0.4 is 0 Å². The first kappa shape index (κ1) is 10.5. The number of carbonyl (C=O) groups is 1. The third kappa shape index (κ3) is 4.24. The highest BCUT2D eigenvalue weighted by Gasteiger charge is 2.11. The van der Waals surface area contributed by atoms with Crippen LogP contribution >= 0.6 is 0 Å². The molecule has 0 unspecified atom stereocenters. The number of likely N-dealkylation sites (tertiary alicyclic amines) is 1. The van der Waals surface area contributed by atoms with Gasteiger partial charge in [-0.05, 0) is 38.9 Å². The predicted molar refractivity (Wildman–Crippen MR) is 48.0 cm³/mol. The van der Waals surface area contributed by atoms with Crippen LogP contribution in [0.15, 0.2) is 0 Å². The molecule has 0 aromatic carbocycles. The summed E-state index contributed by atoms with van der Waals surface area (Å²) >= 11 is 0. The van der Waals surface area contributed by atoms with Gasteiger partial charge in [0.25, 0.3) is 0 Å². The molecule has 1 rings (SSSR count). The minimum Gasteiger partial charge on any atom is -0.303 e. The predicted octanol–water partition coefficient (Wildman–Crippen LogP) is 0.967. The summed E-state index contributed by atoms with van der Waals surface area (Å²) in [6.45, 7) is 3.36. The highest BCUT2D eigenvalue weighted by atomic mass is 17.2. The monoisotopic (exact) mass is 187 g/mol. The van der Waals surface area contributed by atoms with Gasteiger partial charge in [0, 0.05) is 0 Å². The standard InChI is InChI=1S/C9H17NO3/c1-12-13-9(11)5-4-8-10-6-2-3-7-10/h2-8H2,1H3. The molecule has 0 N–H and O–H groups in total. The maximum atomic E-state index is 10.9. The van der Waals surface area contributed by atoms with E-state index in [0.717, 1.165) is 13.0 Å². The molecule has 76 valence electrons. The summed E-state index contributed by atoms with van der Waals surface area (Å²) < 4.78 is 0. The molecule has 0 aliphatic carbocycles. The Bertz CT molecular complexity index is 155. The van der Waals surface area contributed by atoms with E-state index in [1.54, 1.807) is 0 Å². The maximum Gasteiger partial charge on any atom is 0.342 e. The second-order valence-electron chi connectivity index (χ2n) is 3.27. The van der Waals surface area contributed by atoms with Crippen LogP contribution in [0.5, 0.6) is 0 Å². The quantitative estimate of drug-likeness (QED) is 0.475. The Balaban J connectivity index is 1.96. The smallest absolute Gasteiger partial charge is 0.303 e. The lowest BCUT2D eigenvalue weighted by atomic mass is 10.3. The Morgan fingerprint density at radius 2 is 2.08 bits per heavy atom. The van der Waals surface area contributed by atoms with Gasteiger partial charge in [-0.15, -0.1) is 0 Å². The number of hydrogen-bond acceptors (Lipinski definition) is 4. The van der Waals surface area contributed by atoms with Gasteiger partial charge < -0.3 is 4.90 Å². The van der Waals surface area contributed by atoms with Crippen LogP contribution in [-0.4, -0.2) is 37.6 Å². The van der Waals surface area contributed by atoms with Crippen molar-refractivity contribution in [1.82, 2.24) is 4.90 Å². The highest BCUT2D eigenvalue weighted by Crippen LogP contribution is 2.08. The normalized spacial score (nSPS) is 17.6. The third-order valence-corrected chi connectivity index (χ3v) is 2.23. The van der Waals surface area contributed by atoms with E-state index in [0.29, 0.717) is 6.42 Å². The first-order chi connectivity index (χ1) is 6.33. The summed E-state index contributed by atoms with van der Waals surface area (Å²) in [6, 6.07) is 0. The number of hydrogen-bond donors (Lipinski definition) is 0. The number of carbonyl (C=O) groups excluding carboxylic acids is 1. The number of rotatable bonds is 5. The molecule has 1 heterocycles. The van der Waals surface area contributed by atoms with Crippen LogP contribution in [0.4, 0.5) is 0 Å². The molecular weight excluding hydrogens is 170 g/mol. The van der Waals surface area contributed by atoms with E-state index in [4.69, 9.17) is 0 Å². The molecule has 0 bridgehead atoms. The van der Waals surface area contributed by atoms with E-state index in [9.17, 15) is 4.79 Å². The van der Waals surface area contributed by atoms with Gasteiger partial charge in [0.1, 0.15) is 0 Å². The van der Waals surface area contributed by atoms with Crippen LogP contribution in [-0.2, 0) is 14.6 Å². The molecule has 0 amide bonds. The zero-order valence-electron chi connectivity index (χ0n) is 8.12. The van der Waals surface area contributed by atoms with Crippen LogP contribution in [0.2, 0.25) is 0 Å². The largest absolute Gasteiger partial charge is 0.342 e. The molecule has 1 saturated heterocycles. The lowest BCUT2D eigenvalue weighted by molar-refractivity contribution is -0.255. The molecule has 0 aromatic rings. The highest BCUT2D eigenvalue weighted by molar-refractivity contribution is 5.68. The molecule has 0 aromatic heterocycles. The van der Waals surface area contributed by atoms with E-state index >= 15 is 0 Å². The third-order valence-electron chi connectivity index (χ3n) is 2.23. The average Bonchev–Trinajstić information content (AvgIpc) is 2.57. The number of nitrogens with zero attached hydrogens (tertiary/aromatic N) is 1. The second kappa shape index (κ2) is 5.94. The van der Waals surface area contributed by atoms with Crippen molar-refractivity contribution in [3.63, 3.8) is 0 Å². The molecule has 0 atom stereocenters. The van der Waals surface area contributed by atoms with Gasteiger partial charge in [-0.25, -0.2) is 4.79 Å². The van der Waals surface area contributed by atoms with Gasteiger partial charge in [0.05, 0.1) is 13.5 Å². The summed E-state index contributed by atoms with van der Waals surface area (Å²) in [5.74, 6) is -0.276. The average molecular weight is 187 g/mol. The molecule has 0 saturated carbocycles. The van der Waals surface area contributed by atoms with Crippen LogP contribution in [0, 0.1) is 0 Å². The van der Waals surface area contributed by atoms with Gasteiger partial charge >= 0.3 is 5.97 Å². The van der Waals surface area contributed by atoms with E-state index in [-0.39, 0.29) is 5.97 Å². The van der Waals surface area contributed by atoms with Crippen LogP contribution in [0.3, 0.4) is 0 Å². The minimum atomic E-state index is -0.276. The van der Waals surface area contributed by atoms with Gasteiger partial charge in [0.2, 0.25) is 0 Å². The Morgan fingerprint density at radius 1 is 1.38 bits per heavy atom. The lowest BCUT2D eigenvalue weighted by Crippen LogP contribution is -2.21. The fourth-order valence-electron chi connectivity index (χ4n) is 1.59. The Morgan fingerprint density at radius 3 is 2.69 bits per heavy atom. The molecular formula is C9H17NO3. The molecule has 13 heavy (non-hydrogen) atoms. The summed E-state index contributed by atoms with van der Waals surface area (Å²) in [7, 11) is 1.35. The summed E-state index contributed by atoms with van der Waals surface area (Å²) in [5, 5.41) is 0. The van der Waals surface area contributed by atoms with Gasteiger partial charge in [0.15, 0.2) is 0 Å². The topological polar surface area (TPSA) is 38.8 Å². The molecule has 4 heteroatoms. The Kier molecular flexibility index (Phi) is 4.78. The van der Waals surface area contributed by atoms with Crippen molar-refractivity contribution in [2.75, 3.05) is 26.7 Å². The molecule has 0 spiro atoms. The minimum absolute atomic E-state index is 0.276. The van der Waals surface area contributed by atoms with E-state index in [2.05, 4.69) is 14.7 Å². The molecule has 1 aliphatic heterocycles. The fraction of sp³-hybridized carbons (Fsp3) is 0.889. The van der Waals surface area contributed by atoms with Crippen LogP contribution in [0.25, 0.3) is 0 Å². The van der Waals surface area contributed by atoms with Crippen molar-refractivity contribution in [1.29, 1.82) is 0 Å². The maximum absolute atomic E-state index is 10.9. The zero-order chi connectivity index (χ0) is 9.52. The summed E-state index contributed by atoms with van der Waals surface area (Å²) in [6.07, 6.45) is 3.90. The SMILES string of the molecule is COOC(=O)CCCN1CCCC1. The molecule has 0 radical (unpaired) electrons. The van der Waals surface area contributed by atoms with Crippen molar-refractivity contribution in [3.05, 3.63) is 0 Å². The van der Waals surface area contributed by atoms with Crippen molar-refractivity contribution >= 4 is 5.97 Å². The Labute approximate surface area is 78.7 Å². The van der Waals surface area contributed by atoms with E-state index in [1.807, 2.05) is 0 Å². The molecule has 1 fully saturated rings. The van der Waals surface area contributed by atoms with Gasteiger partial charge in [-0.2, -0.15) is 4.89 Å². The van der Waals surface area contributed by atoms with Crippen molar-refractivity contribution < 1.29 is 14.6 Å². The van der Waals surface area contributed by atoms with E-state index in [1.165, 1.54) is 33.0 Å².